The third kappa shape index (κ3) is 2.95. The molecule has 0 aromatic heterocycles. The summed E-state index contributed by atoms with van der Waals surface area (Å²) in [6, 6.07) is 0. The molecule has 0 bridgehead atoms. The summed E-state index contributed by atoms with van der Waals surface area (Å²) in [7, 11) is 0. The number of likely N-dealkylation sites (N-methyl/N-ethyl adjacent to an activating group) is 1. The molecule has 0 amide bonds. The quantitative estimate of drug-likeness (QED) is 0.679. The van der Waals surface area contributed by atoms with Crippen LogP contribution in [0.5, 0.6) is 0 Å². The zero-order valence-corrected chi connectivity index (χ0v) is 13.5. The van der Waals surface area contributed by atoms with E-state index in [0.717, 1.165) is 37.9 Å². The van der Waals surface area contributed by atoms with Crippen molar-refractivity contribution in [2.24, 2.45) is 5.92 Å². The number of rotatable bonds is 6. The summed E-state index contributed by atoms with van der Waals surface area (Å²) in [4.78, 5) is 15.4. The van der Waals surface area contributed by atoms with Crippen LogP contribution >= 0.6 is 0 Å². The lowest BCUT2D eigenvalue weighted by Crippen LogP contribution is -2.59. The molecule has 0 N–H and O–H groups in total. The number of hydrogen-bond donors (Lipinski definition) is 0. The van der Waals surface area contributed by atoms with Crippen molar-refractivity contribution in [2.75, 3.05) is 13.1 Å². The van der Waals surface area contributed by atoms with E-state index < -0.39 is 5.54 Å². The van der Waals surface area contributed by atoms with Gasteiger partial charge in [0, 0.05) is 5.92 Å². The highest BCUT2D eigenvalue weighted by Crippen LogP contribution is 2.40. The molecule has 2 heteroatoms. The smallest absolute Gasteiger partial charge is 0.160 e. The Morgan fingerprint density at radius 3 is 2.60 bits per heavy atom. The van der Waals surface area contributed by atoms with Crippen LogP contribution in [0.4, 0.5) is 0 Å². The first-order chi connectivity index (χ1) is 9.58. The fourth-order valence-corrected chi connectivity index (χ4v) is 3.51. The number of nitrogens with zero attached hydrogens (tertiary/aromatic N) is 1. The maximum atomic E-state index is 13.0. The van der Waals surface area contributed by atoms with Gasteiger partial charge in [0.2, 0.25) is 0 Å². The second-order valence-corrected chi connectivity index (χ2v) is 5.55. The predicted octanol–water partition coefficient (Wildman–Crippen LogP) is 4.14. The average molecular weight is 275 g/mol. The second kappa shape index (κ2) is 7.58. The molecular weight excluding hydrogens is 246 g/mol. The summed E-state index contributed by atoms with van der Waals surface area (Å²) < 4.78 is 0. The molecule has 1 saturated carbocycles. The Morgan fingerprint density at radius 1 is 1.45 bits per heavy atom. The van der Waals surface area contributed by atoms with Crippen molar-refractivity contribution in [1.82, 2.24) is 4.90 Å². The lowest BCUT2D eigenvalue weighted by molar-refractivity contribution is -0.135. The summed E-state index contributed by atoms with van der Waals surface area (Å²) in [5.41, 5.74) is 0.636. The third-order valence-corrected chi connectivity index (χ3v) is 4.46. The molecule has 0 saturated heterocycles. The predicted molar refractivity (Wildman–Crippen MR) is 86.8 cm³/mol. The summed E-state index contributed by atoms with van der Waals surface area (Å²) in [6.45, 7) is 14.0. The van der Waals surface area contributed by atoms with Crippen molar-refractivity contribution < 1.29 is 4.79 Å². The van der Waals surface area contributed by atoms with E-state index in [4.69, 9.17) is 0 Å². The number of allylic oxidation sites excluding steroid dienone is 3. The molecule has 0 heterocycles. The minimum atomic E-state index is -0.456. The molecule has 20 heavy (non-hydrogen) atoms. The topological polar surface area (TPSA) is 20.3 Å². The Hall–Kier alpha value is -1.15. The zero-order valence-electron chi connectivity index (χ0n) is 13.5. The second-order valence-electron chi connectivity index (χ2n) is 5.55. The van der Waals surface area contributed by atoms with Crippen LogP contribution in [0.1, 0.15) is 47.0 Å². The van der Waals surface area contributed by atoms with E-state index in [2.05, 4.69) is 38.3 Å². The van der Waals surface area contributed by atoms with Crippen LogP contribution in [-0.4, -0.2) is 29.3 Å². The molecule has 2 nitrogen and oxygen atoms in total. The molecule has 0 aromatic carbocycles. The summed E-state index contributed by atoms with van der Waals surface area (Å²) in [5, 5.41) is 0. The van der Waals surface area contributed by atoms with Crippen LogP contribution in [0.3, 0.4) is 0 Å². The molecule has 0 radical (unpaired) electrons. The van der Waals surface area contributed by atoms with Crippen LogP contribution in [0.25, 0.3) is 0 Å². The van der Waals surface area contributed by atoms with Gasteiger partial charge in [0.1, 0.15) is 5.54 Å². The van der Waals surface area contributed by atoms with Crippen LogP contribution < -0.4 is 0 Å². The van der Waals surface area contributed by atoms with Gasteiger partial charge in [0.25, 0.3) is 0 Å². The van der Waals surface area contributed by atoms with Crippen molar-refractivity contribution >= 4 is 5.78 Å². The Labute approximate surface area is 124 Å². The van der Waals surface area contributed by atoms with Crippen molar-refractivity contribution in [3.8, 4) is 0 Å². The Kier molecular flexibility index (Phi) is 6.41. The van der Waals surface area contributed by atoms with Gasteiger partial charge in [-0.3, -0.25) is 9.69 Å². The third-order valence-electron chi connectivity index (χ3n) is 4.46. The van der Waals surface area contributed by atoms with Crippen molar-refractivity contribution in [3.63, 3.8) is 0 Å². The van der Waals surface area contributed by atoms with E-state index >= 15 is 0 Å². The molecular formula is C18H29NO. The molecule has 1 aliphatic rings. The van der Waals surface area contributed by atoms with Gasteiger partial charge in [-0.15, -0.1) is 0 Å². The highest BCUT2D eigenvalue weighted by Gasteiger charge is 2.48. The van der Waals surface area contributed by atoms with Crippen LogP contribution in [0, 0.1) is 5.92 Å². The first-order valence-corrected chi connectivity index (χ1v) is 7.83. The minimum Gasteiger partial charge on any atom is -0.297 e. The number of carbonyl (C=O) groups is 1. The molecule has 0 aliphatic heterocycles. The standard InChI is InChI=1S/C18H29NO/c1-6-11-16(12-7-2)18(19(8-3)9-4)14-10-13-15(5)17(18)20/h6-7,11-12,15H,1,8-10,13-14H2,2-5H3/b12-7-,16-11+. The normalized spacial score (nSPS) is 28.4. The summed E-state index contributed by atoms with van der Waals surface area (Å²) in [6.07, 6.45) is 10.9. The van der Waals surface area contributed by atoms with Gasteiger partial charge in [-0.05, 0) is 38.4 Å². The molecule has 112 valence electrons. The van der Waals surface area contributed by atoms with Gasteiger partial charge in [-0.2, -0.15) is 0 Å². The highest BCUT2D eigenvalue weighted by molar-refractivity contribution is 5.95. The maximum Gasteiger partial charge on any atom is 0.160 e. The highest BCUT2D eigenvalue weighted by atomic mass is 16.1. The summed E-state index contributed by atoms with van der Waals surface area (Å²) in [5.74, 6) is 0.515. The number of carbonyl (C=O) groups excluding carboxylic acids is 1. The Bertz CT molecular complexity index is 404. The molecule has 1 fully saturated rings. The van der Waals surface area contributed by atoms with E-state index in [1.165, 1.54) is 0 Å². The number of ketones is 1. The van der Waals surface area contributed by atoms with E-state index in [0.29, 0.717) is 5.78 Å². The lowest BCUT2D eigenvalue weighted by Gasteiger charge is -2.47. The molecule has 0 spiro atoms. The zero-order chi connectivity index (χ0) is 15.2. The van der Waals surface area contributed by atoms with Gasteiger partial charge in [-0.1, -0.05) is 58.1 Å². The molecule has 0 aromatic rings. The minimum absolute atomic E-state index is 0.142. The first-order valence-electron chi connectivity index (χ1n) is 7.83. The fraction of sp³-hybridized carbons (Fsp3) is 0.611. The molecule has 1 rings (SSSR count). The maximum absolute atomic E-state index is 13.0. The van der Waals surface area contributed by atoms with Crippen molar-refractivity contribution in [1.29, 1.82) is 0 Å². The van der Waals surface area contributed by atoms with Gasteiger partial charge in [0.15, 0.2) is 5.78 Å². The van der Waals surface area contributed by atoms with Gasteiger partial charge in [0.05, 0.1) is 0 Å². The molecule has 1 aliphatic carbocycles. The summed E-state index contributed by atoms with van der Waals surface area (Å²) >= 11 is 0. The van der Waals surface area contributed by atoms with Gasteiger partial charge >= 0.3 is 0 Å². The largest absolute Gasteiger partial charge is 0.297 e. The SMILES string of the molecule is C=C/C=C(\C=C/C)C1(N(CC)CC)CCCC(C)C1=O. The van der Waals surface area contributed by atoms with Crippen LogP contribution in [-0.2, 0) is 4.79 Å². The van der Waals surface area contributed by atoms with Crippen LogP contribution in [0.15, 0.2) is 36.5 Å². The van der Waals surface area contributed by atoms with E-state index in [1.807, 2.05) is 19.1 Å². The monoisotopic (exact) mass is 275 g/mol. The molecule has 2 atom stereocenters. The number of hydrogen-bond acceptors (Lipinski definition) is 2. The fourth-order valence-electron chi connectivity index (χ4n) is 3.51. The van der Waals surface area contributed by atoms with Crippen molar-refractivity contribution in [2.45, 2.75) is 52.5 Å². The van der Waals surface area contributed by atoms with Crippen molar-refractivity contribution in [3.05, 3.63) is 36.5 Å². The average Bonchev–Trinajstić information content (AvgIpc) is 2.44. The Balaban J connectivity index is 3.42. The Morgan fingerprint density at radius 2 is 2.10 bits per heavy atom. The van der Waals surface area contributed by atoms with E-state index in [9.17, 15) is 4.79 Å². The molecule has 2 unspecified atom stereocenters. The number of Topliss-reactive ketones (excluding diaryl/α,β-unsaturated/α-hetero) is 1. The van der Waals surface area contributed by atoms with Gasteiger partial charge < -0.3 is 0 Å². The van der Waals surface area contributed by atoms with Crippen LogP contribution in [0.2, 0.25) is 0 Å². The lowest BCUT2D eigenvalue weighted by atomic mass is 9.69. The van der Waals surface area contributed by atoms with E-state index in [-0.39, 0.29) is 5.92 Å². The first kappa shape index (κ1) is 16.9. The van der Waals surface area contributed by atoms with E-state index in [1.54, 1.807) is 6.08 Å². The van der Waals surface area contributed by atoms with Gasteiger partial charge in [-0.25, -0.2) is 0 Å².